The molecule has 2 aliphatic heterocycles. The smallest absolute Gasteiger partial charge is 0.310 e. The number of fused-ring (bicyclic) bond motifs is 2. The lowest BCUT2D eigenvalue weighted by molar-refractivity contribution is -0.169. The summed E-state index contributed by atoms with van der Waals surface area (Å²) in [4.78, 5) is 14.9. The highest BCUT2D eigenvalue weighted by molar-refractivity contribution is 5.74. The largest absolute Gasteiger partial charge is 0.497 e. The molecule has 1 saturated carbocycles. The minimum atomic E-state index is -0.00648. The molecule has 0 N–H and O–H groups in total. The Morgan fingerprint density at radius 3 is 2.92 bits per heavy atom. The van der Waals surface area contributed by atoms with Crippen molar-refractivity contribution in [3.05, 3.63) is 29.3 Å². The first-order chi connectivity index (χ1) is 11.5. The minimum Gasteiger partial charge on any atom is -0.497 e. The Labute approximate surface area is 144 Å². The van der Waals surface area contributed by atoms with Gasteiger partial charge in [0.15, 0.2) is 0 Å². The summed E-state index contributed by atoms with van der Waals surface area (Å²) < 4.78 is 10.8. The molecule has 24 heavy (non-hydrogen) atoms. The molecule has 5 rings (SSSR count). The Bertz CT molecular complexity index is 673. The van der Waals surface area contributed by atoms with Crippen LogP contribution in [-0.4, -0.2) is 43.7 Å². The van der Waals surface area contributed by atoms with Gasteiger partial charge >= 0.3 is 5.97 Å². The van der Waals surface area contributed by atoms with Crippen molar-refractivity contribution < 1.29 is 14.3 Å². The van der Waals surface area contributed by atoms with Gasteiger partial charge in [-0.15, -0.1) is 0 Å². The highest BCUT2D eigenvalue weighted by Gasteiger charge is 2.61. The molecular weight excluding hydrogens is 302 g/mol. The standard InChI is InChI=1S/C20H27NO3/c1-5-24-19(22)15-11-20(2)16-10-17(15)21(3)18(20)9-12-8-13(23-4)6-7-14(12)16/h6-8,15-18H,5,9-11H2,1-4H3. The van der Waals surface area contributed by atoms with Crippen molar-refractivity contribution in [3.8, 4) is 5.75 Å². The predicted molar refractivity (Wildman–Crippen MR) is 92.2 cm³/mol. The zero-order valence-electron chi connectivity index (χ0n) is 15.0. The van der Waals surface area contributed by atoms with Crippen LogP contribution < -0.4 is 4.74 Å². The summed E-state index contributed by atoms with van der Waals surface area (Å²) in [6.07, 6.45) is 3.04. The maximum absolute atomic E-state index is 12.5. The van der Waals surface area contributed by atoms with E-state index < -0.39 is 0 Å². The van der Waals surface area contributed by atoms with Crippen molar-refractivity contribution in [2.45, 2.75) is 51.1 Å². The van der Waals surface area contributed by atoms with Gasteiger partial charge in [0.2, 0.25) is 0 Å². The van der Waals surface area contributed by atoms with Crippen molar-refractivity contribution in [1.82, 2.24) is 4.90 Å². The van der Waals surface area contributed by atoms with E-state index in [0.717, 1.165) is 25.0 Å². The number of carbonyl (C=O) groups excluding carboxylic acids is 1. The van der Waals surface area contributed by atoms with E-state index in [1.807, 2.05) is 6.92 Å². The Kier molecular flexibility index (Phi) is 3.64. The summed E-state index contributed by atoms with van der Waals surface area (Å²) in [7, 11) is 3.92. The topological polar surface area (TPSA) is 38.8 Å². The van der Waals surface area contributed by atoms with E-state index in [2.05, 4.69) is 37.1 Å². The molecule has 0 radical (unpaired) electrons. The average Bonchev–Trinajstić information content (AvgIpc) is 2.57. The van der Waals surface area contributed by atoms with Crippen LogP contribution in [0.25, 0.3) is 0 Å². The highest BCUT2D eigenvalue weighted by atomic mass is 16.5. The molecule has 5 unspecified atom stereocenters. The monoisotopic (exact) mass is 329 g/mol. The number of likely N-dealkylation sites (N-methyl/N-ethyl adjacent to an activating group) is 1. The molecule has 4 nitrogen and oxygen atoms in total. The number of rotatable bonds is 3. The fourth-order valence-electron chi connectivity index (χ4n) is 5.73. The second-order valence-corrected chi connectivity index (χ2v) is 7.87. The Balaban J connectivity index is 1.72. The van der Waals surface area contributed by atoms with E-state index in [-0.39, 0.29) is 17.3 Å². The van der Waals surface area contributed by atoms with E-state index in [9.17, 15) is 4.79 Å². The number of benzene rings is 1. The van der Waals surface area contributed by atoms with Crippen LogP contribution in [0.2, 0.25) is 0 Å². The lowest BCUT2D eigenvalue weighted by Crippen LogP contribution is -2.68. The lowest BCUT2D eigenvalue weighted by Gasteiger charge is -2.64. The van der Waals surface area contributed by atoms with Crippen molar-refractivity contribution in [2.24, 2.45) is 11.3 Å². The van der Waals surface area contributed by atoms with Gasteiger partial charge in [0.05, 0.1) is 19.6 Å². The van der Waals surface area contributed by atoms with Gasteiger partial charge in [-0.3, -0.25) is 9.69 Å². The highest BCUT2D eigenvalue weighted by Crippen LogP contribution is 2.61. The third kappa shape index (κ3) is 2.05. The Hall–Kier alpha value is -1.55. The van der Waals surface area contributed by atoms with Gasteiger partial charge in [-0.05, 0) is 67.8 Å². The molecular formula is C20H27NO3. The number of piperidine rings is 2. The molecule has 0 spiro atoms. The average molecular weight is 329 g/mol. The number of hydrogen-bond donors (Lipinski definition) is 0. The molecule has 4 bridgehead atoms. The minimum absolute atomic E-state index is 0.00648. The lowest BCUT2D eigenvalue weighted by atomic mass is 9.49. The van der Waals surface area contributed by atoms with Crippen LogP contribution in [-0.2, 0) is 16.0 Å². The quantitative estimate of drug-likeness (QED) is 0.799. The molecule has 4 aliphatic rings. The van der Waals surface area contributed by atoms with E-state index in [1.165, 1.54) is 11.1 Å². The van der Waals surface area contributed by atoms with Crippen molar-refractivity contribution in [3.63, 3.8) is 0 Å². The van der Waals surface area contributed by atoms with Crippen LogP contribution in [0.4, 0.5) is 0 Å². The molecule has 130 valence electrons. The summed E-state index contributed by atoms with van der Waals surface area (Å²) in [6.45, 7) is 4.74. The number of carbonyl (C=O) groups is 1. The first-order valence-electron chi connectivity index (χ1n) is 9.05. The second-order valence-electron chi connectivity index (χ2n) is 7.87. The summed E-state index contributed by atoms with van der Waals surface area (Å²) in [5, 5.41) is 0. The van der Waals surface area contributed by atoms with Gasteiger partial charge in [0, 0.05) is 12.1 Å². The second kappa shape index (κ2) is 5.48. The molecule has 1 aromatic rings. The molecule has 4 heteroatoms. The third-order valence-corrected chi connectivity index (χ3v) is 6.90. The Morgan fingerprint density at radius 1 is 1.42 bits per heavy atom. The van der Waals surface area contributed by atoms with Crippen LogP contribution in [0, 0.1) is 11.3 Å². The van der Waals surface area contributed by atoms with E-state index in [0.29, 0.717) is 24.6 Å². The van der Waals surface area contributed by atoms with E-state index >= 15 is 0 Å². The first-order valence-corrected chi connectivity index (χ1v) is 9.05. The SMILES string of the molecule is CCOC(=O)C1CC2(C)C3CC1N(C)C2Cc1cc(OC)ccc13. The molecule has 0 amide bonds. The fraction of sp³-hybridized carbons (Fsp3) is 0.650. The summed E-state index contributed by atoms with van der Waals surface area (Å²) in [5.41, 5.74) is 3.03. The van der Waals surface area contributed by atoms with Gasteiger partial charge in [-0.1, -0.05) is 13.0 Å². The van der Waals surface area contributed by atoms with Gasteiger partial charge < -0.3 is 9.47 Å². The molecule has 2 aliphatic carbocycles. The summed E-state index contributed by atoms with van der Waals surface area (Å²) >= 11 is 0. The summed E-state index contributed by atoms with van der Waals surface area (Å²) in [6, 6.07) is 7.33. The maximum atomic E-state index is 12.5. The maximum Gasteiger partial charge on any atom is 0.310 e. The molecule has 1 aromatic carbocycles. The van der Waals surface area contributed by atoms with Gasteiger partial charge in [0.25, 0.3) is 0 Å². The van der Waals surface area contributed by atoms with E-state index in [4.69, 9.17) is 9.47 Å². The van der Waals surface area contributed by atoms with Gasteiger partial charge in [-0.2, -0.15) is 0 Å². The summed E-state index contributed by atoms with van der Waals surface area (Å²) in [5.74, 6) is 1.49. The molecule has 2 saturated heterocycles. The van der Waals surface area contributed by atoms with Crippen LogP contribution in [0.3, 0.4) is 0 Å². The normalized spacial score (nSPS) is 37.0. The number of nitrogens with zero attached hydrogens (tertiary/aromatic N) is 1. The number of methoxy groups -OCH3 is 1. The van der Waals surface area contributed by atoms with Crippen molar-refractivity contribution in [2.75, 3.05) is 20.8 Å². The fourth-order valence-corrected chi connectivity index (χ4v) is 5.73. The first kappa shape index (κ1) is 15.9. The zero-order chi connectivity index (χ0) is 17.1. The van der Waals surface area contributed by atoms with Crippen LogP contribution in [0.5, 0.6) is 5.75 Å². The van der Waals surface area contributed by atoms with Crippen LogP contribution in [0.1, 0.15) is 43.7 Å². The van der Waals surface area contributed by atoms with Gasteiger partial charge in [-0.25, -0.2) is 0 Å². The molecule has 5 atom stereocenters. The zero-order valence-corrected chi connectivity index (χ0v) is 15.0. The third-order valence-electron chi connectivity index (χ3n) is 6.90. The number of esters is 1. The van der Waals surface area contributed by atoms with Crippen molar-refractivity contribution >= 4 is 5.97 Å². The van der Waals surface area contributed by atoms with E-state index in [1.54, 1.807) is 7.11 Å². The van der Waals surface area contributed by atoms with Crippen molar-refractivity contribution in [1.29, 1.82) is 0 Å². The van der Waals surface area contributed by atoms with Crippen LogP contribution >= 0.6 is 0 Å². The number of hydrogen-bond acceptors (Lipinski definition) is 4. The Morgan fingerprint density at radius 2 is 2.21 bits per heavy atom. The molecule has 3 fully saturated rings. The molecule has 0 aromatic heterocycles. The molecule has 2 heterocycles. The number of ether oxygens (including phenoxy) is 2. The predicted octanol–water partition coefficient (Wildman–Crippen LogP) is 3.00. The van der Waals surface area contributed by atoms with Crippen LogP contribution in [0.15, 0.2) is 18.2 Å². The van der Waals surface area contributed by atoms with Gasteiger partial charge in [0.1, 0.15) is 5.75 Å².